The molecule has 0 aromatic rings. The summed E-state index contributed by atoms with van der Waals surface area (Å²) in [6.07, 6.45) is 2.81. The molecule has 0 unspecified atom stereocenters. The molecule has 0 bridgehead atoms. The van der Waals surface area contributed by atoms with Crippen molar-refractivity contribution in [1.29, 1.82) is 0 Å². The summed E-state index contributed by atoms with van der Waals surface area (Å²) < 4.78 is 0. The van der Waals surface area contributed by atoms with Crippen molar-refractivity contribution in [3.63, 3.8) is 0 Å². The molecular weight excluding hydrogens is 204 g/mol. The molecule has 0 radical (unpaired) electrons. The molecule has 1 saturated carbocycles. The van der Waals surface area contributed by atoms with Crippen molar-refractivity contribution in [2.45, 2.75) is 57.7 Å². The molecule has 1 aliphatic carbocycles. The zero-order valence-electron chi connectivity index (χ0n) is 10.4. The summed E-state index contributed by atoms with van der Waals surface area (Å²) in [4.78, 5) is 15.4. The van der Waals surface area contributed by atoms with Crippen molar-refractivity contribution in [1.82, 2.24) is 9.80 Å². The highest BCUT2D eigenvalue weighted by atomic mass is 16.4. The summed E-state index contributed by atoms with van der Waals surface area (Å²) in [5.41, 5.74) is -0.296. The van der Waals surface area contributed by atoms with E-state index in [9.17, 15) is 9.90 Å². The summed E-state index contributed by atoms with van der Waals surface area (Å²) in [7, 11) is 0. The Morgan fingerprint density at radius 1 is 1.31 bits per heavy atom. The molecule has 1 aliphatic heterocycles. The minimum Gasteiger partial charge on any atom is -0.465 e. The smallest absolute Gasteiger partial charge is 0.408 e. The van der Waals surface area contributed by atoms with Crippen LogP contribution in [-0.4, -0.2) is 51.7 Å². The maximum absolute atomic E-state index is 11.3. The number of carbonyl (C=O) groups is 1. The Hall–Kier alpha value is -0.770. The zero-order valence-corrected chi connectivity index (χ0v) is 10.4. The lowest BCUT2D eigenvalue weighted by molar-refractivity contribution is 0.0718. The molecule has 0 aromatic carbocycles. The third-order valence-electron chi connectivity index (χ3n) is 3.55. The van der Waals surface area contributed by atoms with E-state index in [0.29, 0.717) is 0 Å². The van der Waals surface area contributed by atoms with Crippen LogP contribution in [0.1, 0.15) is 40.0 Å². The lowest BCUT2D eigenvalue weighted by atomic mass is 10.0. The minimum atomic E-state index is -0.782. The number of rotatable bonds is 2. The summed E-state index contributed by atoms with van der Waals surface area (Å²) in [6, 6.07) is 0.929. The van der Waals surface area contributed by atoms with Gasteiger partial charge in [-0.2, -0.15) is 0 Å². The van der Waals surface area contributed by atoms with Crippen molar-refractivity contribution in [2.75, 3.05) is 13.1 Å². The number of hydrogen-bond acceptors (Lipinski definition) is 2. The highest BCUT2D eigenvalue weighted by Gasteiger charge is 2.41. The maximum atomic E-state index is 11.3. The third-order valence-corrected chi connectivity index (χ3v) is 3.55. The van der Waals surface area contributed by atoms with E-state index in [1.807, 2.05) is 20.8 Å². The Labute approximate surface area is 97.2 Å². The van der Waals surface area contributed by atoms with E-state index in [0.717, 1.165) is 25.6 Å². The first-order chi connectivity index (χ1) is 7.39. The molecule has 1 heterocycles. The Morgan fingerprint density at radius 2 is 1.94 bits per heavy atom. The highest BCUT2D eigenvalue weighted by Crippen LogP contribution is 2.32. The Morgan fingerprint density at radius 3 is 2.38 bits per heavy atom. The van der Waals surface area contributed by atoms with Crippen LogP contribution in [-0.2, 0) is 0 Å². The van der Waals surface area contributed by atoms with Gasteiger partial charge in [0.1, 0.15) is 0 Å². The molecule has 0 aromatic heterocycles. The lowest BCUT2D eigenvalue weighted by Gasteiger charge is -2.38. The predicted octanol–water partition coefficient (Wildman–Crippen LogP) is 2.00. The average molecular weight is 226 g/mol. The van der Waals surface area contributed by atoms with Crippen LogP contribution < -0.4 is 0 Å². The quantitative estimate of drug-likeness (QED) is 0.783. The van der Waals surface area contributed by atoms with Gasteiger partial charge >= 0.3 is 6.09 Å². The van der Waals surface area contributed by atoms with Gasteiger partial charge in [-0.05, 0) is 40.0 Å². The van der Waals surface area contributed by atoms with Gasteiger partial charge in [0.2, 0.25) is 0 Å². The second-order valence-electron chi connectivity index (χ2n) is 5.99. The van der Waals surface area contributed by atoms with Crippen LogP contribution in [0.2, 0.25) is 0 Å². The summed E-state index contributed by atoms with van der Waals surface area (Å²) in [5.74, 6) is 0. The first kappa shape index (κ1) is 11.7. The standard InChI is InChI=1S/C12H22N2O2/c1-12(2,3)14(11(15)16)10-6-7-13(8-10)9-4-5-9/h9-10H,4-8H2,1-3H3,(H,15,16)/t10-/m1/s1. The molecule has 16 heavy (non-hydrogen) atoms. The number of amides is 1. The van der Waals surface area contributed by atoms with Gasteiger partial charge in [0.15, 0.2) is 0 Å². The largest absolute Gasteiger partial charge is 0.465 e. The Kier molecular flexibility index (Phi) is 2.86. The lowest BCUT2D eigenvalue weighted by Crippen LogP contribution is -2.52. The van der Waals surface area contributed by atoms with Crippen LogP contribution >= 0.6 is 0 Å². The van der Waals surface area contributed by atoms with Gasteiger partial charge in [0, 0.05) is 30.7 Å². The van der Waals surface area contributed by atoms with Crippen molar-refractivity contribution in [3.8, 4) is 0 Å². The first-order valence-electron chi connectivity index (χ1n) is 6.16. The fraction of sp³-hybridized carbons (Fsp3) is 0.917. The molecule has 2 rings (SSSR count). The molecule has 4 heteroatoms. The number of likely N-dealkylation sites (tertiary alicyclic amines) is 1. The summed E-state index contributed by atoms with van der Waals surface area (Å²) in [5, 5.41) is 9.32. The maximum Gasteiger partial charge on any atom is 0.408 e. The molecule has 0 spiro atoms. The van der Waals surface area contributed by atoms with E-state index in [2.05, 4.69) is 4.90 Å². The van der Waals surface area contributed by atoms with Gasteiger partial charge in [-0.25, -0.2) is 4.79 Å². The van der Waals surface area contributed by atoms with Gasteiger partial charge in [0.05, 0.1) is 0 Å². The predicted molar refractivity (Wildman–Crippen MR) is 62.6 cm³/mol. The average Bonchev–Trinajstić information content (AvgIpc) is 2.85. The highest BCUT2D eigenvalue weighted by molar-refractivity contribution is 5.66. The van der Waals surface area contributed by atoms with E-state index in [1.54, 1.807) is 4.90 Å². The summed E-state index contributed by atoms with van der Waals surface area (Å²) in [6.45, 7) is 7.91. The number of carboxylic acid groups (broad SMARTS) is 1. The number of nitrogens with zero attached hydrogens (tertiary/aromatic N) is 2. The molecule has 2 aliphatic rings. The normalized spacial score (nSPS) is 27.1. The van der Waals surface area contributed by atoms with E-state index >= 15 is 0 Å². The van der Waals surface area contributed by atoms with Gasteiger partial charge in [-0.1, -0.05) is 0 Å². The van der Waals surface area contributed by atoms with Crippen LogP contribution in [0.4, 0.5) is 4.79 Å². The van der Waals surface area contributed by atoms with Crippen LogP contribution in [0.5, 0.6) is 0 Å². The molecular formula is C12H22N2O2. The fourth-order valence-corrected chi connectivity index (χ4v) is 2.74. The van der Waals surface area contributed by atoms with E-state index in [-0.39, 0.29) is 11.6 Å². The van der Waals surface area contributed by atoms with Gasteiger partial charge in [-0.15, -0.1) is 0 Å². The van der Waals surface area contributed by atoms with Crippen molar-refractivity contribution in [3.05, 3.63) is 0 Å². The first-order valence-corrected chi connectivity index (χ1v) is 6.16. The van der Waals surface area contributed by atoms with E-state index < -0.39 is 6.09 Å². The van der Waals surface area contributed by atoms with Crippen molar-refractivity contribution < 1.29 is 9.90 Å². The van der Waals surface area contributed by atoms with E-state index in [4.69, 9.17) is 0 Å². The van der Waals surface area contributed by atoms with Gasteiger partial charge in [0.25, 0.3) is 0 Å². The molecule has 1 amide bonds. The zero-order chi connectivity index (χ0) is 11.9. The molecule has 1 atom stereocenters. The molecule has 1 N–H and O–H groups in total. The van der Waals surface area contributed by atoms with Gasteiger partial charge in [-0.3, -0.25) is 9.80 Å². The molecule has 2 fully saturated rings. The molecule has 1 saturated heterocycles. The van der Waals surface area contributed by atoms with Crippen LogP contribution in [0, 0.1) is 0 Å². The number of hydrogen-bond donors (Lipinski definition) is 1. The topological polar surface area (TPSA) is 43.8 Å². The van der Waals surface area contributed by atoms with Crippen molar-refractivity contribution in [2.24, 2.45) is 0 Å². The van der Waals surface area contributed by atoms with Crippen LogP contribution in [0.3, 0.4) is 0 Å². The Balaban J connectivity index is 2.01. The monoisotopic (exact) mass is 226 g/mol. The SMILES string of the molecule is CC(C)(C)N(C(=O)O)[C@@H]1CCN(C2CC2)C1. The summed E-state index contributed by atoms with van der Waals surface area (Å²) >= 11 is 0. The van der Waals surface area contributed by atoms with E-state index in [1.165, 1.54) is 12.8 Å². The Bertz CT molecular complexity index is 281. The molecule has 92 valence electrons. The third kappa shape index (κ3) is 2.32. The minimum absolute atomic E-state index is 0.179. The second-order valence-corrected chi connectivity index (χ2v) is 5.99. The van der Waals surface area contributed by atoms with Crippen LogP contribution in [0.25, 0.3) is 0 Å². The molecule has 4 nitrogen and oxygen atoms in total. The second kappa shape index (κ2) is 3.91. The van der Waals surface area contributed by atoms with Crippen LogP contribution in [0.15, 0.2) is 0 Å². The van der Waals surface area contributed by atoms with Gasteiger partial charge < -0.3 is 5.11 Å². The van der Waals surface area contributed by atoms with Crippen molar-refractivity contribution >= 4 is 6.09 Å². The fourth-order valence-electron chi connectivity index (χ4n) is 2.74.